The fraction of sp³-hybridized carbons (Fsp3) is 0.333. The Labute approximate surface area is 240 Å². The molecule has 212 valence electrons. The van der Waals surface area contributed by atoms with Crippen molar-refractivity contribution in [1.82, 2.24) is 10.2 Å². The molecule has 1 N–H and O–H groups in total. The first-order valence-corrected chi connectivity index (χ1v) is 15.1. The zero-order valence-electron chi connectivity index (χ0n) is 22.5. The van der Waals surface area contributed by atoms with Crippen molar-refractivity contribution in [3.8, 4) is 0 Å². The highest BCUT2D eigenvalue weighted by Crippen LogP contribution is 2.31. The van der Waals surface area contributed by atoms with Crippen LogP contribution in [-0.4, -0.2) is 43.8 Å². The first-order valence-electron chi connectivity index (χ1n) is 13.2. The van der Waals surface area contributed by atoms with Gasteiger partial charge in [-0.2, -0.15) is 0 Å². The zero-order chi connectivity index (χ0) is 28.9. The molecule has 4 rings (SSSR count). The van der Waals surface area contributed by atoms with Gasteiger partial charge in [-0.05, 0) is 68.7 Å². The molecule has 0 heterocycles. The summed E-state index contributed by atoms with van der Waals surface area (Å²) in [5.74, 6) is -1.36. The lowest BCUT2D eigenvalue weighted by atomic mass is 10.1. The van der Waals surface area contributed by atoms with Gasteiger partial charge in [0.05, 0.1) is 15.6 Å². The Kier molecular flexibility index (Phi) is 9.48. The van der Waals surface area contributed by atoms with Crippen LogP contribution in [0.3, 0.4) is 0 Å². The number of carbonyl (C=O) groups is 2. The highest BCUT2D eigenvalue weighted by molar-refractivity contribution is 7.92. The van der Waals surface area contributed by atoms with Crippen LogP contribution >= 0.6 is 11.6 Å². The Morgan fingerprint density at radius 2 is 1.62 bits per heavy atom. The predicted octanol–water partition coefficient (Wildman–Crippen LogP) is 5.46. The molecule has 0 spiro atoms. The van der Waals surface area contributed by atoms with E-state index in [1.54, 1.807) is 37.3 Å². The fourth-order valence-corrected chi connectivity index (χ4v) is 6.49. The summed E-state index contributed by atoms with van der Waals surface area (Å²) in [4.78, 5) is 28.5. The molecular weight excluding hydrogens is 553 g/mol. The number of hydrogen-bond acceptors (Lipinski definition) is 4. The van der Waals surface area contributed by atoms with Crippen molar-refractivity contribution < 1.29 is 22.4 Å². The SMILES string of the molecule is Cc1ccc(S(=O)(=O)N(CC(=O)N(Cc2ccc(F)cc2)C(C)C(=O)NC2CCCC2)c2ccccc2Cl)cc1. The molecule has 1 fully saturated rings. The van der Waals surface area contributed by atoms with Crippen LogP contribution in [0.4, 0.5) is 10.1 Å². The molecule has 3 aromatic rings. The number of hydrogen-bond donors (Lipinski definition) is 1. The van der Waals surface area contributed by atoms with E-state index >= 15 is 0 Å². The molecule has 3 aromatic carbocycles. The third-order valence-electron chi connectivity index (χ3n) is 7.14. The van der Waals surface area contributed by atoms with Crippen molar-refractivity contribution in [2.24, 2.45) is 0 Å². The Bertz CT molecular complexity index is 1440. The maximum atomic E-state index is 13.9. The summed E-state index contributed by atoms with van der Waals surface area (Å²) in [6, 6.07) is 17.4. The Morgan fingerprint density at radius 1 is 1.00 bits per heavy atom. The second-order valence-electron chi connectivity index (χ2n) is 10.1. The van der Waals surface area contributed by atoms with E-state index in [1.165, 1.54) is 47.4 Å². The lowest BCUT2D eigenvalue weighted by Gasteiger charge is -2.32. The first kappa shape index (κ1) is 29.6. The number of aryl methyl sites for hydroxylation is 1. The number of nitrogens with zero attached hydrogens (tertiary/aromatic N) is 2. The minimum absolute atomic E-state index is 0.00271. The lowest BCUT2D eigenvalue weighted by molar-refractivity contribution is -0.139. The van der Waals surface area contributed by atoms with Crippen LogP contribution in [0.15, 0.2) is 77.7 Å². The van der Waals surface area contributed by atoms with Crippen molar-refractivity contribution in [2.75, 3.05) is 10.8 Å². The predicted molar refractivity (Wildman–Crippen MR) is 154 cm³/mol. The average Bonchev–Trinajstić information content (AvgIpc) is 3.44. The van der Waals surface area contributed by atoms with E-state index in [0.717, 1.165) is 35.6 Å². The lowest BCUT2D eigenvalue weighted by Crippen LogP contribution is -2.52. The molecule has 40 heavy (non-hydrogen) atoms. The quantitative estimate of drug-likeness (QED) is 0.342. The summed E-state index contributed by atoms with van der Waals surface area (Å²) in [7, 11) is -4.21. The maximum Gasteiger partial charge on any atom is 0.264 e. The van der Waals surface area contributed by atoms with Gasteiger partial charge in [-0.15, -0.1) is 0 Å². The molecule has 7 nitrogen and oxygen atoms in total. The minimum Gasteiger partial charge on any atom is -0.352 e. The summed E-state index contributed by atoms with van der Waals surface area (Å²) in [6.45, 7) is 2.85. The molecule has 1 atom stereocenters. The maximum absolute atomic E-state index is 13.9. The van der Waals surface area contributed by atoms with E-state index in [4.69, 9.17) is 11.6 Å². The van der Waals surface area contributed by atoms with Crippen molar-refractivity contribution in [2.45, 2.75) is 63.1 Å². The molecule has 1 aliphatic rings. The number of benzene rings is 3. The monoisotopic (exact) mass is 585 g/mol. The van der Waals surface area contributed by atoms with E-state index < -0.39 is 34.3 Å². The summed E-state index contributed by atoms with van der Waals surface area (Å²) in [6.07, 6.45) is 3.81. The van der Waals surface area contributed by atoms with Gasteiger partial charge in [0.15, 0.2) is 0 Å². The van der Waals surface area contributed by atoms with Crippen LogP contribution in [0, 0.1) is 12.7 Å². The molecule has 0 radical (unpaired) electrons. The normalized spacial score (nSPS) is 14.5. The number of halogens is 2. The van der Waals surface area contributed by atoms with Crippen molar-refractivity contribution in [3.05, 3.63) is 94.8 Å². The number of sulfonamides is 1. The summed E-state index contributed by atoms with van der Waals surface area (Å²) >= 11 is 6.42. The molecule has 0 aliphatic heterocycles. The van der Waals surface area contributed by atoms with Gasteiger partial charge in [0.1, 0.15) is 18.4 Å². The second-order valence-corrected chi connectivity index (χ2v) is 12.4. The molecule has 0 bridgehead atoms. The van der Waals surface area contributed by atoms with Crippen molar-refractivity contribution in [3.63, 3.8) is 0 Å². The van der Waals surface area contributed by atoms with Gasteiger partial charge in [0.2, 0.25) is 11.8 Å². The number of amides is 2. The van der Waals surface area contributed by atoms with E-state index in [1.807, 2.05) is 6.92 Å². The number of rotatable bonds is 10. The Balaban J connectivity index is 1.69. The molecule has 1 unspecified atom stereocenters. The van der Waals surface area contributed by atoms with Gasteiger partial charge in [0.25, 0.3) is 10.0 Å². The largest absolute Gasteiger partial charge is 0.352 e. The van der Waals surface area contributed by atoms with Gasteiger partial charge in [-0.1, -0.05) is 66.4 Å². The molecule has 10 heteroatoms. The van der Waals surface area contributed by atoms with Gasteiger partial charge in [-0.3, -0.25) is 13.9 Å². The number of para-hydroxylation sites is 1. The highest BCUT2D eigenvalue weighted by Gasteiger charge is 2.34. The molecular formula is C30H33ClFN3O4S. The van der Waals surface area contributed by atoms with E-state index in [9.17, 15) is 22.4 Å². The Hall–Kier alpha value is -3.43. The zero-order valence-corrected chi connectivity index (χ0v) is 24.1. The summed E-state index contributed by atoms with van der Waals surface area (Å²) in [5, 5.41) is 3.17. The van der Waals surface area contributed by atoms with E-state index in [0.29, 0.717) is 5.56 Å². The van der Waals surface area contributed by atoms with Gasteiger partial charge in [0, 0.05) is 12.6 Å². The van der Waals surface area contributed by atoms with Crippen LogP contribution in [0.5, 0.6) is 0 Å². The molecule has 2 amide bonds. The topological polar surface area (TPSA) is 86.8 Å². The van der Waals surface area contributed by atoms with Gasteiger partial charge >= 0.3 is 0 Å². The van der Waals surface area contributed by atoms with Crippen LogP contribution in [0.1, 0.15) is 43.7 Å². The molecule has 1 saturated carbocycles. The number of carbonyl (C=O) groups excluding carboxylic acids is 2. The summed E-state index contributed by atoms with van der Waals surface area (Å²) in [5.41, 5.74) is 1.62. The average molecular weight is 586 g/mol. The van der Waals surface area contributed by atoms with Gasteiger partial charge < -0.3 is 10.2 Å². The smallest absolute Gasteiger partial charge is 0.264 e. The van der Waals surface area contributed by atoms with E-state index in [-0.39, 0.29) is 34.1 Å². The van der Waals surface area contributed by atoms with Crippen molar-refractivity contribution >= 4 is 39.1 Å². The van der Waals surface area contributed by atoms with E-state index in [2.05, 4.69) is 5.32 Å². The minimum atomic E-state index is -4.21. The number of nitrogens with one attached hydrogen (secondary N) is 1. The highest BCUT2D eigenvalue weighted by atomic mass is 35.5. The fourth-order valence-electron chi connectivity index (χ4n) is 4.77. The van der Waals surface area contributed by atoms with Crippen LogP contribution in [0.25, 0.3) is 0 Å². The van der Waals surface area contributed by atoms with Crippen LogP contribution < -0.4 is 9.62 Å². The standard InChI is InChI=1S/C30H33ClFN3O4S/c1-21-11-17-26(18-12-21)40(38,39)35(28-10-6-5-9-27(28)31)20-29(36)34(19-23-13-15-24(32)16-14-23)22(2)30(37)33-25-7-3-4-8-25/h5-6,9-18,22,25H,3-4,7-8,19-20H2,1-2H3,(H,33,37). The first-order chi connectivity index (χ1) is 19.1. The second kappa shape index (κ2) is 12.8. The molecule has 0 aromatic heterocycles. The van der Waals surface area contributed by atoms with Gasteiger partial charge in [-0.25, -0.2) is 12.8 Å². The molecule has 0 saturated heterocycles. The Morgan fingerprint density at radius 3 is 2.25 bits per heavy atom. The number of anilines is 1. The summed E-state index contributed by atoms with van der Waals surface area (Å²) < 4.78 is 42.3. The third kappa shape index (κ3) is 7.01. The van der Waals surface area contributed by atoms with Crippen LogP contribution in [-0.2, 0) is 26.2 Å². The van der Waals surface area contributed by atoms with Crippen molar-refractivity contribution in [1.29, 1.82) is 0 Å². The van der Waals surface area contributed by atoms with Crippen LogP contribution in [0.2, 0.25) is 5.02 Å². The molecule has 1 aliphatic carbocycles. The third-order valence-corrected chi connectivity index (χ3v) is 9.24.